The third kappa shape index (κ3) is 9.67. The Balaban J connectivity index is 0.000000238. The van der Waals surface area contributed by atoms with Crippen LogP contribution in [0.3, 0.4) is 0 Å². The highest BCUT2D eigenvalue weighted by atomic mass is 16.3. The molecule has 2 rings (SSSR count). The number of aliphatic hydroxyl groups excluding tert-OH is 2. The maximum absolute atomic E-state index is 8.73. The third-order valence-corrected chi connectivity index (χ3v) is 3.61. The molecule has 2 nitrogen and oxygen atoms in total. The number of aryl methyl sites for hydroxylation is 1. The SMILES string of the molecule is CC(CCO)CCc1ccccc1.OCC=Cc1ccccc1. The van der Waals surface area contributed by atoms with Crippen LogP contribution in [0.5, 0.6) is 0 Å². The van der Waals surface area contributed by atoms with Gasteiger partial charge in [-0.3, -0.25) is 0 Å². The van der Waals surface area contributed by atoms with E-state index >= 15 is 0 Å². The lowest BCUT2D eigenvalue weighted by Crippen LogP contribution is -1.99. The summed E-state index contributed by atoms with van der Waals surface area (Å²) in [5.41, 5.74) is 2.52. The molecule has 2 heteroatoms. The quantitative estimate of drug-likeness (QED) is 0.799. The van der Waals surface area contributed by atoms with Crippen molar-refractivity contribution in [3.63, 3.8) is 0 Å². The Bertz CT molecular complexity index is 520. The van der Waals surface area contributed by atoms with E-state index in [-0.39, 0.29) is 6.61 Å². The molecule has 0 bridgehead atoms. The first-order valence-corrected chi connectivity index (χ1v) is 8.23. The van der Waals surface area contributed by atoms with Gasteiger partial charge in [-0.05, 0) is 36.3 Å². The standard InChI is InChI=1S/C12H18O.C9H10O/c1-11(9-10-13)7-8-12-5-3-2-4-6-12;10-8-4-7-9-5-2-1-3-6-9/h2-6,11,13H,7-10H2,1H3;1-7,10H,8H2. The van der Waals surface area contributed by atoms with E-state index in [1.165, 1.54) is 12.0 Å². The van der Waals surface area contributed by atoms with Gasteiger partial charge < -0.3 is 10.2 Å². The Morgan fingerprint density at radius 2 is 1.48 bits per heavy atom. The van der Waals surface area contributed by atoms with Crippen LogP contribution in [0.2, 0.25) is 0 Å². The summed E-state index contributed by atoms with van der Waals surface area (Å²) in [6.07, 6.45) is 6.83. The topological polar surface area (TPSA) is 40.5 Å². The van der Waals surface area contributed by atoms with Gasteiger partial charge in [-0.2, -0.15) is 0 Å². The summed E-state index contributed by atoms with van der Waals surface area (Å²) in [5, 5.41) is 17.2. The van der Waals surface area contributed by atoms with E-state index in [9.17, 15) is 0 Å². The molecule has 2 N–H and O–H groups in total. The van der Waals surface area contributed by atoms with Gasteiger partial charge in [-0.25, -0.2) is 0 Å². The van der Waals surface area contributed by atoms with E-state index in [2.05, 4.69) is 31.2 Å². The zero-order valence-corrected chi connectivity index (χ0v) is 13.9. The molecule has 0 heterocycles. The Labute approximate surface area is 140 Å². The van der Waals surface area contributed by atoms with E-state index in [0.29, 0.717) is 12.5 Å². The Kier molecular flexibility index (Phi) is 10.5. The highest BCUT2D eigenvalue weighted by Gasteiger charge is 2.01. The van der Waals surface area contributed by atoms with Gasteiger partial charge in [-0.15, -0.1) is 0 Å². The van der Waals surface area contributed by atoms with E-state index in [1.807, 2.05) is 42.5 Å². The van der Waals surface area contributed by atoms with Gasteiger partial charge in [0.05, 0.1) is 6.61 Å². The molecule has 0 spiro atoms. The molecule has 23 heavy (non-hydrogen) atoms. The number of hydrogen-bond donors (Lipinski definition) is 2. The van der Waals surface area contributed by atoms with Crippen LogP contribution in [0.1, 0.15) is 30.9 Å². The fourth-order valence-corrected chi connectivity index (χ4v) is 2.18. The molecule has 2 aromatic rings. The lowest BCUT2D eigenvalue weighted by atomic mass is 9.99. The molecule has 0 aliphatic heterocycles. The van der Waals surface area contributed by atoms with Crippen molar-refractivity contribution in [2.45, 2.75) is 26.2 Å². The summed E-state index contributed by atoms with van der Waals surface area (Å²) in [7, 11) is 0. The molecule has 0 aromatic heterocycles. The predicted molar refractivity (Wildman–Crippen MR) is 98.2 cm³/mol. The second-order valence-corrected chi connectivity index (χ2v) is 5.64. The van der Waals surface area contributed by atoms with Crippen LogP contribution in [0, 0.1) is 5.92 Å². The van der Waals surface area contributed by atoms with Crippen molar-refractivity contribution < 1.29 is 10.2 Å². The van der Waals surface area contributed by atoms with Gasteiger partial charge >= 0.3 is 0 Å². The maximum atomic E-state index is 8.73. The highest BCUT2D eigenvalue weighted by molar-refractivity contribution is 5.48. The molecule has 0 amide bonds. The van der Waals surface area contributed by atoms with Gasteiger partial charge in [0, 0.05) is 6.61 Å². The van der Waals surface area contributed by atoms with Gasteiger partial charge in [0.25, 0.3) is 0 Å². The molecule has 124 valence electrons. The van der Waals surface area contributed by atoms with Crippen LogP contribution >= 0.6 is 0 Å². The van der Waals surface area contributed by atoms with Crippen molar-refractivity contribution in [1.29, 1.82) is 0 Å². The maximum Gasteiger partial charge on any atom is 0.0615 e. The molecule has 0 aliphatic carbocycles. The van der Waals surface area contributed by atoms with Crippen molar-refractivity contribution >= 4 is 6.08 Å². The van der Waals surface area contributed by atoms with Crippen molar-refractivity contribution in [3.8, 4) is 0 Å². The third-order valence-electron chi connectivity index (χ3n) is 3.61. The second-order valence-electron chi connectivity index (χ2n) is 5.64. The Hall–Kier alpha value is -1.90. The second kappa shape index (κ2) is 12.6. The van der Waals surface area contributed by atoms with Crippen LogP contribution in [-0.2, 0) is 6.42 Å². The molecular formula is C21H28O2. The monoisotopic (exact) mass is 312 g/mol. The molecule has 0 fully saturated rings. The molecule has 0 aliphatic rings. The summed E-state index contributed by atoms with van der Waals surface area (Å²) in [6, 6.07) is 20.4. The Morgan fingerprint density at radius 1 is 0.870 bits per heavy atom. The van der Waals surface area contributed by atoms with E-state index in [0.717, 1.165) is 18.4 Å². The summed E-state index contributed by atoms with van der Waals surface area (Å²) in [5.74, 6) is 0.630. The summed E-state index contributed by atoms with van der Waals surface area (Å²) in [4.78, 5) is 0. The molecule has 0 saturated heterocycles. The molecule has 1 atom stereocenters. The first-order valence-electron chi connectivity index (χ1n) is 8.23. The summed E-state index contributed by atoms with van der Waals surface area (Å²) >= 11 is 0. The Morgan fingerprint density at radius 3 is 2.04 bits per heavy atom. The number of benzene rings is 2. The summed E-state index contributed by atoms with van der Waals surface area (Å²) < 4.78 is 0. The van der Waals surface area contributed by atoms with Gasteiger partial charge in [0.15, 0.2) is 0 Å². The van der Waals surface area contributed by atoms with E-state index in [1.54, 1.807) is 6.08 Å². The lowest BCUT2D eigenvalue weighted by molar-refractivity contribution is 0.258. The van der Waals surface area contributed by atoms with Crippen LogP contribution in [0.4, 0.5) is 0 Å². The summed E-state index contributed by atoms with van der Waals surface area (Å²) in [6.45, 7) is 2.62. The number of aliphatic hydroxyl groups is 2. The fraction of sp³-hybridized carbons (Fsp3) is 0.333. The minimum Gasteiger partial charge on any atom is -0.396 e. The van der Waals surface area contributed by atoms with Crippen molar-refractivity contribution in [1.82, 2.24) is 0 Å². The molecule has 1 unspecified atom stereocenters. The lowest BCUT2D eigenvalue weighted by Gasteiger charge is -2.08. The first-order chi connectivity index (χ1) is 11.3. The molecule has 2 aromatic carbocycles. The average Bonchev–Trinajstić information content (AvgIpc) is 2.61. The first kappa shape index (κ1) is 19.1. The van der Waals surface area contributed by atoms with E-state index < -0.39 is 0 Å². The predicted octanol–water partition coefficient (Wildman–Crippen LogP) is 4.33. The van der Waals surface area contributed by atoms with Gasteiger partial charge in [-0.1, -0.05) is 79.7 Å². The highest BCUT2D eigenvalue weighted by Crippen LogP contribution is 2.11. The van der Waals surface area contributed by atoms with Crippen LogP contribution in [0.25, 0.3) is 6.08 Å². The van der Waals surface area contributed by atoms with Gasteiger partial charge in [0.1, 0.15) is 0 Å². The van der Waals surface area contributed by atoms with E-state index in [4.69, 9.17) is 10.2 Å². The van der Waals surface area contributed by atoms with Crippen LogP contribution < -0.4 is 0 Å². The average molecular weight is 312 g/mol. The fourth-order valence-electron chi connectivity index (χ4n) is 2.18. The largest absolute Gasteiger partial charge is 0.396 e. The van der Waals surface area contributed by atoms with Gasteiger partial charge in [0.2, 0.25) is 0 Å². The molecule has 0 radical (unpaired) electrons. The minimum absolute atomic E-state index is 0.106. The smallest absolute Gasteiger partial charge is 0.0615 e. The minimum atomic E-state index is 0.106. The van der Waals surface area contributed by atoms with Crippen LogP contribution in [-0.4, -0.2) is 23.4 Å². The zero-order chi connectivity index (χ0) is 16.8. The zero-order valence-electron chi connectivity index (χ0n) is 13.9. The molecule has 0 saturated carbocycles. The van der Waals surface area contributed by atoms with Crippen molar-refractivity contribution in [2.75, 3.05) is 13.2 Å². The normalized spacial score (nSPS) is 11.8. The van der Waals surface area contributed by atoms with Crippen LogP contribution in [0.15, 0.2) is 66.7 Å². The number of rotatable bonds is 7. The van der Waals surface area contributed by atoms with Crippen molar-refractivity contribution in [2.24, 2.45) is 5.92 Å². The van der Waals surface area contributed by atoms with Crippen molar-refractivity contribution in [3.05, 3.63) is 77.9 Å². The molecular weight excluding hydrogens is 284 g/mol. The number of hydrogen-bond acceptors (Lipinski definition) is 2.